The summed E-state index contributed by atoms with van der Waals surface area (Å²) in [6.07, 6.45) is 1.70. The molecule has 10 rings (SSSR count). The van der Waals surface area contributed by atoms with Gasteiger partial charge in [-0.15, -0.1) is 0 Å². The van der Waals surface area contributed by atoms with Gasteiger partial charge in [0.1, 0.15) is 11.6 Å². The smallest absolute Gasteiger partial charge is 0.345 e. The zero-order valence-corrected chi connectivity index (χ0v) is 33.1. The predicted molar refractivity (Wildman–Crippen MR) is 215 cm³/mol. The van der Waals surface area contributed by atoms with Crippen molar-refractivity contribution < 1.29 is 35.9 Å². The normalized spacial score (nSPS) is 20.2. The third-order valence-corrected chi connectivity index (χ3v) is 12.7. The highest BCUT2D eigenvalue weighted by Crippen LogP contribution is 2.41. The molecule has 0 saturated carbocycles. The van der Waals surface area contributed by atoms with Gasteiger partial charge >= 0.3 is 12.4 Å². The number of rotatable bonds is 6. The van der Waals surface area contributed by atoms with Crippen LogP contribution in [0.1, 0.15) is 80.7 Å². The minimum atomic E-state index is -4.74. The summed E-state index contributed by atoms with van der Waals surface area (Å²) in [4.78, 5) is 56.0. The van der Waals surface area contributed by atoms with Crippen molar-refractivity contribution in [2.45, 2.75) is 50.4 Å². The molecular formula is C44H38F6N10O2. The third-order valence-electron chi connectivity index (χ3n) is 12.7. The van der Waals surface area contributed by atoms with E-state index in [0.29, 0.717) is 47.7 Å². The lowest BCUT2D eigenvalue weighted by Gasteiger charge is -2.39. The standard InChI is InChI=1S/C44H38F6N10O2/c1-24-10-14-57(22-32(24)39-55-20-30-18-53-37-35(59(30)39)8-12-51-37)42(62)27-4-7-34(44(48,49)50)28(17-27)16-26-11-15-58(41(61)25-2-5-29(6-3-25)43(45,46)47)23-33(26)40-56-21-31-19-54-38-36(60(31)40)9-13-52-38/h2-9,12-13,17-21,24,26,32-33,51-52H,10-11,14-16,22-23H2,1H3/t24-,26-,32+,33-/m0/s1. The van der Waals surface area contributed by atoms with Crippen molar-refractivity contribution in [3.05, 3.63) is 131 Å². The number of imidazole rings is 2. The second-order valence-corrected chi connectivity index (χ2v) is 16.4. The minimum Gasteiger partial charge on any atom is -0.345 e. The van der Waals surface area contributed by atoms with Gasteiger partial charge in [-0.25, -0.2) is 19.9 Å². The van der Waals surface area contributed by atoms with Crippen LogP contribution in [0.15, 0.2) is 91.8 Å². The highest BCUT2D eigenvalue weighted by atomic mass is 19.4. The Kier molecular flexibility index (Phi) is 9.36. The lowest BCUT2D eigenvalue weighted by atomic mass is 9.79. The van der Waals surface area contributed by atoms with Gasteiger partial charge in [-0.2, -0.15) is 26.3 Å². The summed E-state index contributed by atoms with van der Waals surface area (Å²) in [5.74, 6) is -0.750. The number of amides is 2. The first kappa shape index (κ1) is 39.4. The SMILES string of the molecule is C[C@H]1CCN(C(=O)c2ccc(C(F)(F)F)c(C[C@@H]3CCN(C(=O)c4ccc(C(F)(F)F)cc4)C[C@@H]3c3ncc4cnc5[nH]ccc5n34)c2)C[C@H]1c1ncc2cnc3[nH]ccc3n12. The van der Waals surface area contributed by atoms with Crippen molar-refractivity contribution in [3.63, 3.8) is 0 Å². The van der Waals surface area contributed by atoms with Crippen LogP contribution < -0.4 is 0 Å². The van der Waals surface area contributed by atoms with E-state index in [-0.39, 0.29) is 60.4 Å². The molecule has 2 saturated heterocycles. The van der Waals surface area contributed by atoms with Crippen LogP contribution in [0, 0.1) is 11.8 Å². The monoisotopic (exact) mass is 852 g/mol. The molecule has 0 spiro atoms. The predicted octanol–water partition coefficient (Wildman–Crippen LogP) is 8.53. The summed E-state index contributed by atoms with van der Waals surface area (Å²) < 4.78 is 88.5. The molecule has 2 amide bonds. The molecule has 0 aliphatic carbocycles. The lowest BCUT2D eigenvalue weighted by Crippen LogP contribution is -2.44. The van der Waals surface area contributed by atoms with Crippen molar-refractivity contribution >= 4 is 45.2 Å². The fraction of sp³-hybridized carbons (Fsp3) is 0.318. The van der Waals surface area contributed by atoms with Gasteiger partial charge in [-0.05, 0) is 91.3 Å². The molecule has 2 aliphatic heterocycles. The lowest BCUT2D eigenvalue weighted by molar-refractivity contribution is -0.138. The van der Waals surface area contributed by atoms with Gasteiger partial charge in [0, 0.05) is 61.5 Å². The van der Waals surface area contributed by atoms with Crippen LogP contribution in [0.25, 0.3) is 33.4 Å². The molecule has 2 fully saturated rings. The summed E-state index contributed by atoms with van der Waals surface area (Å²) in [5, 5.41) is 0. The number of likely N-dealkylation sites (tertiary alicyclic amines) is 2. The van der Waals surface area contributed by atoms with Crippen molar-refractivity contribution in [1.82, 2.24) is 48.5 Å². The van der Waals surface area contributed by atoms with Gasteiger partial charge in [-0.3, -0.25) is 18.4 Å². The average molecular weight is 853 g/mol. The molecule has 318 valence electrons. The Balaban J connectivity index is 0.978. The fourth-order valence-corrected chi connectivity index (χ4v) is 9.46. The summed E-state index contributed by atoms with van der Waals surface area (Å²) >= 11 is 0. The highest BCUT2D eigenvalue weighted by molar-refractivity contribution is 5.95. The van der Waals surface area contributed by atoms with E-state index in [4.69, 9.17) is 9.97 Å². The molecule has 8 heterocycles. The van der Waals surface area contributed by atoms with E-state index >= 15 is 0 Å². The Morgan fingerprint density at radius 1 is 0.661 bits per heavy atom. The van der Waals surface area contributed by atoms with E-state index in [1.165, 1.54) is 17.0 Å². The highest BCUT2D eigenvalue weighted by Gasteiger charge is 2.40. The first-order valence-corrected chi connectivity index (χ1v) is 20.3. The minimum absolute atomic E-state index is 0.0266. The van der Waals surface area contributed by atoms with Crippen LogP contribution in [0.5, 0.6) is 0 Å². The van der Waals surface area contributed by atoms with Crippen molar-refractivity contribution in [3.8, 4) is 0 Å². The van der Waals surface area contributed by atoms with Gasteiger partial charge in [0.25, 0.3) is 11.8 Å². The van der Waals surface area contributed by atoms with E-state index in [2.05, 4.69) is 26.9 Å². The van der Waals surface area contributed by atoms with E-state index < -0.39 is 41.2 Å². The number of alkyl halides is 6. The molecule has 0 unspecified atom stereocenters. The van der Waals surface area contributed by atoms with Crippen molar-refractivity contribution in [1.29, 1.82) is 0 Å². The largest absolute Gasteiger partial charge is 0.416 e. The number of hydrogen-bond donors (Lipinski definition) is 2. The molecule has 2 aromatic carbocycles. The van der Waals surface area contributed by atoms with Gasteiger partial charge < -0.3 is 19.8 Å². The molecule has 62 heavy (non-hydrogen) atoms. The number of nitrogens with zero attached hydrogens (tertiary/aromatic N) is 8. The Bertz CT molecular complexity index is 3000. The summed E-state index contributed by atoms with van der Waals surface area (Å²) in [5.41, 5.74) is 2.58. The zero-order valence-electron chi connectivity index (χ0n) is 33.1. The van der Waals surface area contributed by atoms with Gasteiger partial charge in [0.2, 0.25) is 0 Å². The number of piperidine rings is 2. The molecule has 0 bridgehead atoms. The first-order valence-electron chi connectivity index (χ1n) is 20.3. The van der Waals surface area contributed by atoms with Crippen LogP contribution in [-0.4, -0.2) is 86.5 Å². The van der Waals surface area contributed by atoms with Gasteiger partial charge in [0.05, 0.1) is 58.0 Å². The van der Waals surface area contributed by atoms with Crippen LogP contribution in [0.4, 0.5) is 26.3 Å². The fourth-order valence-electron chi connectivity index (χ4n) is 9.46. The van der Waals surface area contributed by atoms with Gasteiger partial charge in [0.15, 0.2) is 11.3 Å². The van der Waals surface area contributed by atoms with Crippen LogP contribution >= 0.6 is 0 Å². The maximum absolute atomic E-state index is 14.9. The Hall–Kier alpha value is -6.72. The van der Waals surface area contributed by atoms with Crippen molar-refractivity contribution in [2.75, 3.05) is 26.2 Å². The zero-order chi connectivity index (χ0) is 43.1. The number of carbonyl (C=O) groups is 2. The number of aromatic amines is 2. The quantitative estimate of drug-likeness (QED) is 0.161. The topological polar surface area (TPSA) is 133 Å². The Labute approximate surface area is 348 Å². The number of hydrogen-bond acceptors (Lipinski definition) is 6. The summed E-state index contributed by atoms with van der Waals surface area (Å²) in [7, 11) is 0. The van der Waals surface area contributed by atoms with Gasteiger partial charge in [-0.1, -0.05) is 6.92 Å². The molecule has 18 heteroatoms. The average Bonchev–Trinajstić information content (AvgIpc) is 4.09. The number of aromatic nitrogens is 8. The number of nitrogens with one attached hydrogen (secondary N) is 2. The molecule has 0 radical (unpaired) electrons. The molecule has 8 aromatic rings. The molecule has 2 N–H and O–H groups in total. The number of H-pyrrole nitrogens is 2. The van der Waals surface area contributed by atoms with E-state index in [1.807, 2.05) is 14.9 Å². The first-order chi connectivity index (χ1) is 29.7. The van der Waals surface area contributed by atoms with E-state index in [1.54, 1.807) is 48.1 Å². The Morgan fingerprint density at radius 3 is 1.79 bits per heavy atom. The second kappa shape index (κ2) is 14.7. The van der Waals surface area contributed by atoms with Crippen LogP contribution in [-0.2, 0) is 18.8 Å². The maximum atomic E-state index is 14.9. The molecular weight excluding hydrogens is 815 g/mol. The number of carbonyl (C=O) groups excluding carboxylic acids is 2. The molecule has 4 atom stereocenters. The molecule has 2 aliphatic rings. The Morgan fingerprint density at radius 2 is 1.19 bits per heavy atom. The summed E-state index contributed by atoms with van der Waals surface area (Å²) in [6, 6.07) is 11.3. The van der Waals surface area contributed by atoms with Crippen molar-refractivity contribution in [2.24, 2.45) is 11.8 Å². The number of benzene rings is 2. The van der Waals surface area contributed by atoms with E-state index in [0.717, 1.165) is 47.2 Å². The number of fused-ring (bicyclic) bond motifs is 6. The third kappa shape index (κ3) is 6.81. The maximum Gasteiger partial charge on any atom is 0.416 e. The van der Waals surface area contributed by atoms with Crippen LogP contribution in [0.2, 0.25) is 0 Å². The molecule has 12 nitrogen and oxygen atoms in total. The second-order valence-electron chi connectivity index (χ2n) is 16.4. The summed E-state index contributed by atoms with van der Waals surface area (Å²) in [6.45, 7) is 3.00. The number of halogens is 6. The van der Waals surface area contributed by atoms with E-state index in [9.17, 15) is 35.9 Å². The molecule has 6 aromatic heterocycles. The van der Waals surface area contributed by atoms with Crippen LogP contribution in [0.3, 0.4) is 0 Å².